The molecule has 0 saturated heterocycles. The first-order chi connectivity index (χ1) is 8.29. The summed E-state index contributed by atoms with van der Waals surface area (Å²) in [6.45, 7) is 7.56. The van der Waals surface area contributed by atoms with Crippen LogP contribution in [-0.2, 0) is 4.79 Å². The monoisotopic (exact) mass is 256 g/mol. The van der Waals surface area contributed by atoms with Crippen LogP contribution in [0.15, 0.2) is 0 Å². The lowest BCUT2D eigenvalue weighted by molar-refractivity contribution is -0.144. The molecule has 0 aromatic heterocycles. The normalized spacial score (nSPS) is 30.1. The minimum absolute atomic E-state index is 0.122. The van der Waals surface area contributed by atoms with Crippen molar-refractivity contribution >= 4 is 5.97 Å². The Morgan fingerprint density at radius 1 is 1.50 bits per heavy atom. The molecule has 1 aliphatic rings. The lowest BCUT2D eigenvalue weighted by atomic mass is 9.85. The number of nitrogens with two attached hydrogens (primary N) is 1. The fourth-order valence-corrected chi connectivity index (χ4v) is 2.86. The van der Waals surface area contributed by atoms with Gasteiger partial charge in [0.25, 0.3) is 0 Å². The fraction of sp³-hybridized carbons (Fsp3) is 0.929. The van der Waals surface area contributed by atoms with Gasteiger partial charge in [-0.1, -0.05) is 20.3 Å². The molecule has 3 N–H and O–H groups in total. The summed E-state index contributed by atoms with van der Waals surface area (Å²) >= 11 is 0. The van der Waals surface area contributed by atoms with E-state index < -0.39 is 11.5 Å². The van der Waals surface area contributed by atoms with Crippen LogP contribution in [-0.4, -0.2) is 41.1 Å². The summed E-state index contributed by atoms with van der Waals surface area (Å²) < 4.78 is 0. The van der Waals surface area contributed by atoms with Gasteiger partial charge in [0, 0.05) is 6.04 Å². The van der Waals surface area contributed by atoms with Gasteiger partial charge in [0.15, 0.2) is 0 Å². The number of carboxylic acids is 1. The summed E-state index contributed by atoms with van der Waals surface area (Å²) in [7, 11) is 2.11. The van der Waals surface area contributed by atoms with E-state index in [1.807, 2.05) is 0 Å². The highest BCUT2D eigenvalue weighted by molar-refractivity contribution is 5.79. The van der Waals surface area contributed by atoms with Crippen LogP contribution in [0.2, 0.25) is 0 Å². The maximum absolute atomic E-state index is 11.3. The number of hydrogen-bond donors (Lipinski definition) is 2. The van der Waals surface area contributed by atoms with Crippen molar-refractivity contribution < 1.29 is 9.90 Å². The fourth-order valence-electron chi connectivity index (χ4n) is 2.86. The van der Waals surface area contributed by atoms with Crippen LogP contribution in [0.5, 0.6) is 0 Å². The second-order valence-electron chi connectivity index (χ2n) is 6.19. The molecule has 1 fully saturated rings. The highest BCUT2D eigenvalue weighted by Gasteiger charge is 2.45. The summed E-state index contributed by atoms with van der Waals surface area (Å²) in [5, 5.41) is 9.27. The molecule has 0 bridgehead atoms. The second-order valence-corrected chi connectivity index (χ2v) is 6.19. The average molecular weight is 256 g/mol. The first kappa shape index (κ1) is 15.4. The van der Waals surface area contributed by atoms with E-state index in [2.05, 4.69) is 32.7 Å². The van der Waals surface area contributed by atoms with Crippen molar-refractivity contribution in [3.8, 4) is 0 Å². The Morgan fingerprint density at radius 3 is 2.61 bits per heavy atom. The largest absolute Gasteiger partial charge is 0.480 e. The topological polar surface area (TPSA) is 66.6 Å². The van der Waals surface area contributed by atoms with Crippen molar-refractivity contribution in [2.75, 3.05) is 13.6 Å². The number of nitrogens with zero attached hydrogens (tertiary/aromatic N) is 1. The molecule has 3 atom stereocenters. The van der Waals surface area contributed by atoms with E-state index in [1.165, 1.54) is 0 Å². The molecule has 0 heterocycles. The number of carbonyl (C=O) groups is 1. The number of rotatable bonds is 6. The van der Waals surface area contributed by atoms with Crippen LogP contribution >= 0.6 is 0 Å². The van der Waals surface area contributed by atoms with E-state index in [4.69, 9.17) is 5.73 Å². The molecule has 4 nitrogen and oxygen atoms in total. The van der Waals surface area contributed by atoms with Gasteiger partial charge in [-0.3, -0.25) is 4.79 Å². The molecule has 0 aromatic rings. The smallest absolute Gasteiger partial charge is 0.323 e. The van der Waals surface area contributed by atoms with E-state index >= 15 is 0 Å². The third kappa shape index (κ3) is 3.23. The van der Waals surface area contributed by atoms with E-state index in [1.54, 1.807) is 0 Å². The standard InChI is InChI=1S/C14H28N2O2/c1-10(2)11(3)16(4)9-7-12-6-5-8-14(12,15)13(17)18/h10-12H,5-9,15H2,1-4H3,(H,17,18). The van der Waals surface area contributed by atoms with Gasteiger partial charge in [-0.25, -0.2) is 0 Å². The molecule has 106 valence electrons. The van der Waals surface area contributed by atoms with Gasteiger partial charge in [-0.05, 0) is 51.6 Å². The average Bonchev–Trinajstić information content (AvgIpc) is 2.67. The van der Waals surface area contributed by atoms with Crippen molar-refractivity contribution in [2.45, 2.75) is 58.0 Å². The molecule has 18 heavy (non-hydrogen) atoms. The quantitative estimate of drug-likeness (QED) is 0.762. The predicted octanol–water partition coefficient (Wildman–Crippen LogP) is 1.93. The Kier molecular flexibility index (Phi) is 5.17. The highest BCUT2D eigenvalue weighted by Crippen LogP contribution is 2.36. The van der Waals surface area contributed by atoms with Gasteiger partial charge in [-0.2, -0.15) is 0 Å². The first-order valence-corrected chi connectivity index (χ1v) is 7.01. The summed E-state index contributed by atoms with van der Waals surface area (Å²) in [4.78, 5) is 13.6. The third-order valence-corrected chi connectivity index (χ3v) is 4.76. The molecular formula is C14H28N2O2. The number of hydrogen-bond acceptors (Lipinski definition) is 3. The molecule has 1 aliphatic carbocycles. The first-order valence-electron chi connectivity index (χ1n) is 7.01. The minimum Gasteiger partial charge on any atom is -0.480 e. The lowest BCUT2D eigenvalue weighted by Gasteiger charge is -2.32. The van der Waals surface area contributed by atoms with Gasteiger partial charge in [0.1, 0.15) is 5.54 Å². The third-order valence-electron chi connectivity index (χ3n) is 4.76. The molecule has 3 unspecified atom stereocenters. The van der Waals surface area contributed by atoms with E-state index in [9.17, 15) is 9.90 Å². The molecule has 0 spiro atoms. The minimum atomic E-state index is -0.984. The summed E-state index contributed by atoms with van der Waals surface area (Å²) in [5.41, 5.74) is 5.07. The summed E-state index contributed by atoms with van der Waals surface area (Å²) in [6.07, 6.45) is 3.40. The SMILES string of the molecule is CC(C)C(C)N(C)CCC1CCCC1(N)C(=O)O. The van der Waals surface area contributed by atoms with Gasteiger partial charge in [0.2, 0.25) is 0 Å². The summed E-state index contributed by atoms with van der Waals surface area (Å²) in [5.74, 6) is -0.0953. The second kappa shape index (κ2) is 6.02. The van der Waals surface area contributed by atoms with Crippen LogP contribution < -0.4 is 5.73 Å². The molecule has 0 amide bonds. The van der Waals surface area contributed by atoms with Crippen molar-refractivity contribution in [1.82, 2.24) is 4.90 Å². The molecule has 1 rings (SSSR count). The van der Waals surface area contributed by atoms with Crippen molar-refractivity contribution in [2.24, 2.45) is 17.6 Å². The summed E-state index contributed by atoms with van der Waals surface area (Å²) in [6, 6.07) is 0.517. The number of aliphatic carboxylic acids is 1. The molecule has 4 heteroatoms. The van der Waals surface area contributed by atoms with Gasteiger partial charge in [0.05, 0.1) is 0 Å². The molecular weight excluding hydrogens is 228 g/mol. The number of carboxylic acid groups (broad SMARTS) is 1. The van der Waals surface area contributed by atoms with Gasteiger partial charge in [-0.15, -0.1) is 0 Å². The van der Waals surface area contributed by atoms with Crippen LogP contribution in [0, 0.1) is 11.8 Å². The van der Waals surface area contributed by atoms with Crippen LogP contribution in [0.4, 0.5) is 0 Å². The van der Waals surface area contributed by atoms with Crippen LogP contribution in [0.3, 0.4) is 0 Å². The zero-order valence-corrected chi connectivity index (χ0v) is 12.1. The Bertz CT molecular complexity index is 294. The van der Waals surface area contributed by atoms with Crippen molar-refractivity contribution in [3.05, 3.63) is 0 Å². The lowest BCUT2D eigenvalue weighted by Crippen LogP contribution is -2.51. The van der Waals surface area contributed by atoms with Crippen LogP contribution in [0.25, 0.3) is 0 Å². The maximum atomic E-state index is 11.3. The zero-order valence-electron chi connectivity index (χ0n) is 12.1. The Labute approximate surface area is 111 Å². The molecule has 0 aromatic carbocycles. The van der Waals surface area contributed by atoms with Crippen molar-refractivity contribution in [1.29, 1.82) is 0 Å². The maximum Gasteiger partial charge on any atom is 0.323 e. The highest BCUT2D eigenvalue weighted by atomic mass is 16.4. The Balaban J connectivity index is 2.51. The van der Waals surface area contributed by atoms with Gasteiger partial charge < -0.3 is 15.7 Å². The van der Waals surface area contributed by atoms with E-state index in [0.717, 1.165) is 25.8 Å². The van der Waals surface area contributed by atoms with Crippen molar-refractivity contribution in [3.63, 3.8) is 0 Å². The molecule has 0 aliphatic heterocycles. The van der Waals surface area contributed by atoms with Gasteiger partial charge >= 0.3 is 5.97 Å². The van der Waals surface area contributed by atoms with Crippen LogP contribution in [0.1, 0.15) is 46.5 Å². The zero-order chi connectivity index (χ0) is 13.9. The Hall–Kier alpha value is -0.610. The predicted molar refractivity (Wildman–Crippen MR) is 73.4 cm³/mol. The van der Waals surface area contributed by atoms with E-state index in [0.29, 0.717) is 18.4 Å². The van der Waals surface area contributed by atoms with E-state index in [-0.39, 0.29) is 5.92 Å². The molecule has 1 saturated carbocycles. The molecule has 0 radical (unpaired) electrons. The Morgan fingerprint density at radius 2 is 2.11 bits per heavy atom.